The molecule has 0 atom stereocenters. The average molecular weight is 190 g/mol. The van der Waals surface area contributed by atoms with E-state index in [1.165, 1.54) is 0 Å². The van der Waals surface area contributed by atoms with Gasteiger partial charge in [-0.2, -0.15) is 0 Å². The second-order valence-electron chi connectivity index (χ2n) is 3.31. The predicted molar refractivity (Wildman–Crippen MR) is 56.7 cm³/mol. The molecule has 0 radical (unpaired) electrons. The fourth-order valence-electron chi connectivity index (χ4n) is 1.56. The van der Waals surface area contributed by atoms with Crippen molar-refractivity contribution >= 4 is 5.70 Å². The monoisotopic (exact) mass is 190 g/mol. The average Bonchev–Trinajstić information content (AvgIpc) is 2.65. The maximum Gasteiger partial charge on any atom is 0.128 e. The van der Waals surface area contributed by atoms with Crippen LogP contribution in [0.3, 0.4) is 0 Å². The summed E-state index contributed by atoms with van der Waals surface area (Å²) in [6, 6.07) is 8.01. The van der Waals surface area contributed by atoms with Crippen LogP contribution in [0.2, 0.25) is 0 Å². The molecule has 0 saturated carbocycles. The van der Waals surface area contributed by atoms with Gasteiger partial charge in [0.1, 0.15) is 5.75 Å². The maximum absolute atomic E-state index is 5.29. The third-order valence-electron chi connectivity index (χ3n) is 2.28. The van der Waals surface area contributed by atoms with E-state index >= 15 is 0 Å². The predicted octanol–water partition coefficient (Wildman–Crippen LogP) is 1.49. The highest BCUT2D eigenvalue weighted by Gasteiger charge is 2.13. The molecule has 0 saturated heterocycles. The molecule has 0 spiro atoms. The number of methoxy groups -OCH3 is 1. The van der Waals surface area contributed by atoms with Crippen LogP contribution in [-0.4, -0.2) is 25.7 Å². The summed E-state index contributed by atoms with van der Waals surface area (Å²) >= 11 is 0. The van der Waals surface area contributed by atoms with Crippen molar-refractivity contribution in [1.82, 2.24) is 10.4 Å². The Morgan fingerprint density at radius 1 is 1.36 bits per heavy atom. The quantitative estimate of drug-likeness (QED) is 0.764. The zero-order chi connectivity index (χ0) is 9.97. The molecule has 3 nitrogen and oxygen atoms in total. The molecule has 74 valence electrons. The van der Waals surface area contributed by atoms with Crippen LogP contribution in [-0.2, 0) is 0 Å². The molecule has 1 aliphatic heterocycles. The smallest absolute Gasteiger partial charge is 0.128 e. The van der Waals surface area contributed by atoms with Crippen LogP contribution in [0.25, 0.3) is 5.70 Å². The Hall–Kier alpha value is -1.48. The summed E-state index contributed by atoms with van der Waals surface area (Å²) in [7, 11) is 3.71. The van der Waals surface area contributed by atoms with Crippen molar-refractivity contribution in [2.45, 2.75) is 0 Å². The molecule has 1 aromatic carbocycles. The van der Waals surface area contributed by atoms with E-state index in [9.17, 15) is 0 Å². The van der Waals surface area contributed by atoms with Gasteiger partial charge < -0.3 is 10.2 Å². The molecular weight excluding hydrogens is 176 g/mol. The van der Waals surface area contributed by atoms with Gasteiger partial charge in [-0.1, -0.05) is 12.1 Å². The Balaban J connectivity index is 2.32. The Bertz CT molecular complexity index is 360. The molecule has 1 aromatic rings. The Kier molecular flexibility index (Phi) is 2.41. The van der Waals surface area contributed by atoms with Crippen molar-refractivity contribution in [1.29, 1.82) is 0 Å². The summed E-state index contributed by atoms with van der Waals surface area (Å²) in [4.78, 5) is 0. The van der Waals surface area contributed by atoms with Crippen LogP contribution in [0, 0.1) is 0 Å². The Morgan fingerprint density at radius 2 is 2.14 bits per heavy atom. The lowest BCUT2D eigenvalue weighted by Crippen LogP contribution is -2.26. The van der Waals surface area contributed by atoms with Gasteiger partial charge in [-0.15, -0.1) is 0 Å². The molecule has 0 fully saturated rings. The lowest BCUT2D eigenvalue weighted by Gasteiger charge is -2.13. The minimum Gasteiger partial charge on any atom is -0.496 e. The van der Waals surface area contributed by atoms with Gasteiger partial charge in [0.25, 0.3) is 0 Å². The second kappa shape index (κ2) is 3.72. The Morgan fingerprint density at radius 3 is 2.79 bits per heavy atom. The number of rotatable bonds is 2. The van der Waals surface area contributed by atoms with E-state index in [1.54, 1.807) is 7.11 Å². The van der Waals surface area contributed by atoms with Crippen LogP contribution in [0.15, 0.2) is 30.3 Å². The molecule has 0 unspecified atom stereocenters. The minimum atomic E-state index is 0.904. The van der Waals surface area contributed by atoms with Crippen molar-refractivity contribution < 1.29 is 4.74 Å². The first-order valence-corrected chi connectivity index (χ1v) is 4.62. The lowest BCUT2D eigenvalue weighted by atomic mass is 10.1. The number of nitrogens with zero attached hydrogens (tertiary/aromatic N) is 1. The SMILES string of the molecule is COc1ccccc1C1=CCN(C)N1. The molecule has 1 heterocycles. The number of hydrazine groups is 1. The van der Waals surface area contributed by atoms with E-state index in [2.05, 4.69) is 17.6 Å². The van der Waals surface area contributed by atoms with Crippen molar-refractivity contribution in [2.24, 2.45) is 0 Å². The van der Waals surface area contributed by atoms with Crippen molar-refractivity contribution in [3.8, 4) is 5.75 Å². The lowest BCUT2D eigenvalue weighted by molar-refractivity contribution is 0.337. The largest absolute Gasteiger partial charge is 0.496 e. The van der Waals surface area contributed by atoms with Crippen molar-refractivity contribution in [3.63, 3.8) is 0 Å². The standard InChI is InChI=1S/C11H14N2O/c1-13-8-7-10(12-13)9-5-3-4-6-11(9)14-2/h3-7,12H,8H2,1-2H3. The van der Waals surface area contributed by atoms with Gasteiger partial charge in [0, 0.05) is 19.2 Å². The maximum atomic E-state index is 5.29. The summed E-state index contributed by atoms with van der Waals surface area (Å²) in [6.45, 7) is 0.924. The van der Waals surface area contributed by atoms with Crippen LogP contribution >= 0.6 is 0 Å². The highest BCUT2D eigenvalue weighted by Crippen LogP contribution is 2.25. The van der Waals surface area contributed by atoms with Crippen molar-refractivity contribution in [3.05, 3.63) is 35.9 Å². The number of hydrogen-bond donors (Lipinski definition) is 1. The zero-order valence-corrected chi connectivity index (χ0v) is 8.45. The van der Waals surface area contributed by atoms with E-state index in [-0.39, 0.29) is 0 Å². The molecule has 0 amide bonds. The minimum absolute atomic E-state index is 0.904. The van der Waals surface area contributed by atoms with Crippen LogP contribution < -0.4 is 10.2 Å². The van der Waals surface area contributed by atoms with E-state index in [0.29, 0.717) is 0 Å². The van der Waals surface area contributed by atoms with Gasteiger partial charge in [0.05, 0.1) is 12.8 Å². The summed E-state index contributed by atoms with van der Waals surface area (Å²) in [6.07, 6.45) is 2.15. The molecule has 1 N–H and O–H groups in total. The van der Waals surface area contributed by atoms with Crippen molar-refractivity contribution in [2.75, 3.05) is 20.7 Å². The zero-order valence-electron chi connectivity index (χ0n) is 8.45. The van der Waals surface area contributed by atoms with Crippen LogP contribution in [0.1, 0.15) is 5.56 Å². The number of para-hydroxylation sites is 1. The first-order chi connectivity index (χ1) is 6.81. The molecule has 14 heavy (non-hydrogen) atoms. The Labute approximate surface area is 84.0 Å². The van der Waals surface area contributed by atoms with Crippen LogP contribution in [0.5, 0.6) is 5.75 Å². The summed E-state index contributed by atoms with van der Waals surface area (Å²) in [5.41, 5.74) is 5.49. The third kappa shape index (κ3) is 1.59. The molecule has 0 bridgehead atoms. The van der Waals surface area contributed by atoms with Crippen LogP contribution in [0.4, 0.5) is 0 Å². The van der Waals surface area contributed by atoms with E-state index < -0.39 is 0 Å². The number of ether oxygens (including phenoxy) is 1. The summed E-state index contributed by atoms with van der Waals surface area (Å²) in [5, 5.41) is 2.03. The first-order valence-electron chi connectivity index (χ1n) is 4.62. The molecule has 3 heteroatoms. The first kappa shape index (κ1) is 9.09. The molecule has 1 aliphatic rings. The fraction of sp³-hybridized carbons (Fsp3) is 0.273. The van der Waals surface area contributed by atoms with Gasteiger partial charge in [-0.25, -0.2) is 5.01 Å². The highest BCUT2D eigenvalue weighted by molar-refractivity contribution is 5.70. The van der Waals surface area contributed by atoms with Gasteiger partial charge in [-0.3, -0.25) is 0 Å². The number of nitrogens with one attached hydrogen (secondary N) is 1. The summed E-state index contributed by atoms with van der Waals surface area (Å²) in [5.74, 6) is 0.904. The molecular formula is C11H14N2O. The van der Waals surface area contributed by atoms with Gasteiger partial charge in [0.2, 0.25) is 0 Å². The topological polar surface area (TPSA) is 24.5 Å². The van der Waals surface area contributed by atoms with E-state index in [0.717, 1.165) is 23.6 Å². The van der Waals surface area contributed by atoms with E-state index in [4.69, 9.17) is 4.74 Å². The number of hydrogen-bond acceptors (Lipinski definition) is 3. The normalized spacial score (nSPS) is 16.3. The van der Waals surface area contributed by atoms with Gasteiger partial charge in [0.15, 0.2) is 0 Å². The molecule has 0 aromatic heterocycles. The summed E-state index contributed by atoms with van der Waals surface area (Å²) < 4.78 is 5.29. The fourth-order valence-corrected chi connectivity index (χ4v) is 1.56. The van der Waals surface area contributed by atoms with Gasteiger partial charge >= 0.3 is 0 Å². The highest BCUT2D eigenvalue weighted by atomic mass is 16.5. The molecule has 2 rings (SSSR count). The second-order valence-corrected chi connectivity index (χ2v) is 3.31. The van der Waals surface area contributed by atoms with E-state index in [1.807, 2.05) is 30.3 Å². The third-order valence-corrected chi connectivity index (χ3v) is 2.28. The number of likely N-dealkylation sites (N-methyl/N-ethyl adjacent to an activating group) is 1. The van der Waals surface area contributed by atoms with Gasteiger partial charge in [-0.05, 0) is 18.2 Å². The molecule has 0 aliphatic carbocycles. The number of benzene rings is 1.